The minimum absolute atomic E-state index is 0. The van der Waals surface area contributed by atoms with Crippen molar-refractivity contribution in [3.63, 3.8) is 0 Å². The summed E-state index contributed by atoms with van der Waals surface area (Å²) in [5.41, 5.74) is 0. The molecule has 0 aliphatic heterocycles. The zero-order valence-electron chi connectivity index (χ0n) is 13.2. The van der Waals surface area contributed by atoms with Gasteiger partial charge in [0.15, 0.2) is 0 Å². The number of aromatic amines is 4. The van der Waals surface area contributed by atoms with Gasteiger partial charge in [0.25, 0.3) is 0 Å². The third kappa shape index (κ3) is 29.2. The van der Waals surface area contributed by atoms with Crippen molar-refractivity contribution in [3.05, 3.63) is 85.0 Å². The minimum atomic E-state index is 0. The zero-order chi connectivity index (χ0) is 16.8. The topological polar surface area (TPSA) is 224 Å². The van der Waals surface area contributed by atoms with E-state index in [1.54, 1.807) is 74.9 Å². The standard InChI is InChI=1S/4C3H4N2.HNO2.Np.2O/c4*1-2-5-3-4-1;2-1-3;;;/h4*1-3H,(H,4,5);(H,2,3);;;/q;;;;;;2*-2/p-1. The Balaban J connectivity index is -0.000000114. The van der Waals surface area contributed by atoms with Crippen LogP contribution >= 0.6 is 0 Å². The molecule has 0 amide bonds. The van der Waals surface area contributed by atoms with Gasteiger partial charge in [0.1, 0.15) is 0 Å². The SMILES string of the molecule is O=N[O-].[Np].[O-2].[O-2].c1c[nH]cn1.c1c[nH]cn1.c1c[nH]cn1.c1c[nH]cn1. The van der Waals surface area contributed by atoms with E-state index < -0.39 is 0 Å². The second-order valence-corrected chi connectivity index (χ2v) is 3.12. The molecule has 0 bridgehead atoms. The molecule has 4 aromatic heterocycles. The van der Waals surface area contributed by atoms with Crippen molar-refractivity contribution in [1.29, 1.82) is 0 Å². The average molecular weight is 587 g/mol. The van der Waals surface area contributed by atoms with Gasteiger partial charge in [-0.2, -0.15) is 0 Å². The Kier molecular flexibility index (Phi) is 35.9. The first-order valence-electron chi connectivity index (χ1n) is 6.07. The average Bonchev–Trinajstić information content (AvgIpc) is 3.47. The molecule has 0 aromatic carbocycles. The molecule has 4 N–H and O–H groups in total. The molecule has 0 aliphatic carbocycles. The van der Waals surface area contributed by atoms with E-state index in [4.69, 9.17) is 10.1 Å². The van der Waals surface area contributed by atoms with Crippen molar-refractivity contribution < 1.29 is 40.9 Å². The van der Waals surface area contributed by atoms with Gasteiger partial charge in [-0.05, 0) is 0 Å². The number of H-pyrrole nitrogens is 4. The maximum absolute atomic E-state index is 8.00. The second kappa shape index (κ2) is 30.1. The fourth-order valence-corrected chi connectivity index (χ4v) is 0.861. The van der Waals surface area contributed by atoms with Crippen LogP contribution in [0.4, 0.5) is 0 Å². The Labute approximate surface area is 171 Å². The summed E-state index contributed by atoms with van der Waals surface area (Å²) >= 11 is 0. The maximum Gasteiger partial charge on any atom is 0.0919 e. The summed E-state index contributed by atoms with van der Waals surface area (Å²) in [5.74, 6) is 0. The molecule has 0 saturated heterocycles. The molecule has 26 heavy (non-hydrogen) atoms. The molecule has 0 atom stereocenters. The Morgan fingerprint density at radius 3 is 0.846 bits per heavy atom. The van der Waals surface area contributed by atoms with Crippen LogP contribution in [0.1, 0.15) is 0 Å². The Morgan fingerprint density at radius 1 is 0.615 bits per heavy atom. The number of aromatic nitrogens is 8. The van der Waals surface area contributed by atoms with Crippen LogP contribution in [0.15, 0.2) is 80.2 Å². The maximum atomic E-state index is 8.00. The molecule has 4 rings (SSSR count). The van der Waals surface area contributed by atoms with E-state index in [2.05, 4.69) is 39.9 Å². The molecule has 143 valence electrons. The van der Waals surface area contributed by atoms with E-state index in [9.17, 15) is 0 Å². The number of hydrogen-bond donors (Lipinski definition) is 4. The van der Waals surface area contributed by atoms with Crippen LogP contribution in [0.25, 0.3) is 0 Å². The van der Waals surface area contributed by atoms with Gasteiger partial charge in [0, 0.05) is 79.5 Å². The summed E-state index contributed by atoms with van der Waals surface area (Å²) in [6, 6.07) is 0. The van der Waals surface area contributed by atoms with Gasteiger partial charge in [-0.15, -0.1) is 5.34 Å². The summed E-state index contributed by atoms with van der Waals surface area (Å²) in [6.07, 6.45) is 20.3. The van der Waals surface area contributed by atoms with E-state index in [1.165, 1.54) is 0 Å². The molecule has 0 saturated carbocycles. The molecule has 0 spiro atoms. The smallest absolute Gasteiger partial charge is 0.0919 e. The molecule has 0 unspecified atom stereocenters. The number of rotatable bonds is 0. The van der Waals surface area contributed by atoms with Gasteiger partial charge in [-0.3, -0.25) is 0 Å². The summed E-state index contributed by atoms with van der Waals surface area (Å²) in [6.45, 7) is 0. The number of nitrogens with one attached hydrogen (secondary N) is 4. The summed E-state index contributed by atoms with van der Waals surface area (Å²) < 4.78 is 0. The molecule has 13 nitrogen and oxygen atoms in total. The minimum Gasteiger partial charge on any atom is -2.00 e. The first kappa shape index (κ1) is 31.0. The van der Waals surface area contributed by atoms with Crippen LogP contribution in [-0.4, -0.2) is 39.9 Å². The monoisotopic (exact) mass is 586 g/mol. The molecule has 0 aliphatic rings. The molecule has 4 aromatic rings. The first-order chi connectivity index (χ1) is 11.4. The van der Waals surface area contributed by atoms with E-state index in [-0.39, 0.29) is 40.9 Å². The molecule has 0 fully saturated rings. The third-order valence-electron chi connectivity index (χ3n) is 1.62. The molecule has 1 radical (unpaired) electrons. The van der Waals surface area contributed by atoms with Crippen molar-refractivity contribution in [3.8, 4) is 0 Å². The Hall–Kier alpha value is -2.83. The van der Waals surface area contributed by atoms with Gasteiger partial charge in [0.2, 0.25) is 0 Å². The Bertz CT molecular complexity index is 415. The van der Waals surface area contributed by atoms with E-state index in [1.807, 2.05) is 0 Å². The summed E-state index contributed by atoms with van der Waals surface area (Å²) in [5, 5.41) is 9.00. The third-order valence-corrected chi connectivity index (χ3v) is 1.62. The molecular weight excluding hydrogens is 571 g/mol. The van der Waals surface area contributed by atoms with Crippen LogP contribution in [-0.2, 0) is 11.0 Å². The number of nitrogens with zero attached hydrogens (tertiary/aromatic N) is 5. The van der Waals surface area contributed by atoms with Crippen LogP contribution in [0.2, 0.25) is 0 Å². The second-order valence-electron chi connectivity index (χ2n) is 3.12. The van der Waals surface area contributed by atoms with Gasteiger partial charge in [-0.1, -0.05) is 0 Å². The van der Waals surface area contributed by atoms with Gasteiger partial charge in [0.05, 0.1) is 25.3 Å². The van der Waals surface area contributed by atoms with Crippen LogP contribution in [0.5, 0.6) is 0 Å². The van der Waals surface area contributed by atoms with E-state index in [0.717, 1.165) is 5.34 Å². The Morgan fingerprint density at radius 2 is 0.808 bits per heavy atom. The van der Waals surface area contributed by atoms with Crippen LogP contribution < -0.4 is 0 Å². The largest absolute Gasteiger partial charge is 2.00 e. The van der Waals surface area contributed by atoms with Gasteiger partial charge >= 0.3 is 0 Å². The van der Waals surface area contributed by atoms with Crippen molar-refractivity contribution in [2.45, 2.75) is 0 Å². The summed E-state index contributed by atoms with van der Waals surface area (Å²) in [4.78, 5) is 33.7. The van der Waals surface area contributed by atoms with Crippen molar-refractivity contribution in [1.82, 2.24) is 39.9 Å². The van der Waals surface area contributed by atoms with Crippen LogP contribution in [0, 0.1) is 40.1 Å². The predicted octanol–water partition coefficient (Wildman–Crippen LogP) is 1.65. The number of hydrogen-bond acceptors (Lipinski definition) is 7. The van der Waals surface area contributed by atoms with Crippen molar-refractivity contribution in [2.24, 2.45) is 5.34 Å². The zero-order valence-corrected chi connectivity index (χ0v) is 17.0. The van der Waals surface area contributed by atoms with E-state index in [0.29, 0.717) is 0 Å². The molecule has 14 heteroatoms. The predicted molar refractivity (Wildman–Crippen MR) is 84.9 cm³/mol. The fourth-order valence-electron chi connectivity index (χ4n) is 0.861. The van der Waals surface area contributed by atoms with Crippen LogP contribution in [0.3, 0.4) is 0 Å². The van der Waals surface area contributed by atoms with Gasteiger partial charge < -0.3 is 41.0 Å². The van der Waals surface area contributed by atoms with E-state index >= 15 is 0 Å². The fraction of sp³-hybridized carbons (Fsp3) is 0. The quantitative estimate of drug-likeness (QED) is 0.177. The first-order valence-corrected chi connectivity index (χ1v) is 6.07. The van der Waals surface area contributed by atoms with Crippen molar-refractivity contribution in [2.75, 3.05) is 0 Å². The number of imidazole rings is 4. The molecular formula is C12H16N9NpO4-5. The normalized spacial score (nSPS) is 6.62. The van der Waals surface area contributed by atoms with Gasteiger partial charge in [-0.25, -0.2) is 19.9 Å². The molecule has 4 heterocycles. The summed E-state index contributed by atoms with van der Waals surface area (Å²) in [7, 11) is 0. The van der Waals surface area contributed by atoms with Crippen molar-refractivity contribution >= 4 is 0 Å².